The van der Waals surface area contributed by atoms with Crippen molar-refractivity contribution in [1.29, 1.82) is 0 Å². The molecule has 0 aliphatic carbocycles. The second-order valence-electron chi connectivity index (χ2n) is 7.17. The Balaban J connectivity index is 2.54. The third-order valence-electron chi connectivity index (χ3n) is 3.82. The molecule has 0 heterocycles. The van der Waals surface area contributed by atoms with Crippen LogP contribution in [-0.2, 0) is 25.7 Å². The molecule has 25 heavy (non-hydrogen) atoms. The molecule has 1 rings (SSSR count). The molecule has 138 valence electrons. The van der Waals surface area contributed by atoms with E-state index in [0.717, 1.165) is 5.56 Å². The molecule has 2 N–H and O–H groups in total. The second kappa shape index (κ2) is 9.20. The molecule has 0 fully saturated rings. The van der Waals surface area contributed by atoms with E-state index >= 15 is 0 Å². The lowest BCUT2D eigenvalue weighted by Gasteiger charge is -2.30. The molecule has 1 aromatic carbocycles. The Kier molecular flexibility index (Phi) is 7.61. The molecular formula is C19H28N2O4. The number of hydrogen-bond donors (Lipinski definition) is 2. The largest absolute Gasteiger partial charge is 0.461 e. The molecule has 6 heteroatoms. The van der Waals surface area contributed by atoms with Gasteiger partial charge in [-0.15, -0.1) is 0 Å². The Morgan fingerprint density at radius 3 is 2.20 bits per heavy atom. The quantitative estimate of drug-likeness (QED) is 0.739. The lowest BCUT2D eigenvalue weighted by atomic mass is 9.85. The number of hydrogen-bond acceptors (Lipinski definition) is 4. The van der Waals surface area contributed by atoms with E-state index in [2.05, 4.69) is 10.6 Å². The average molecular weight is 348 g/mol. The van der Waals surface area contributed by atoms with Gasteiger partial charge in [-0.25, -0.2) is 0 Å². The molecule has 6 nitrogen and oxygen atoms in total. The summed E-state index contributed by atoms with van der Waals surface area (Å²) in [7, 11) is 1.53. The molecule has 0 radical (unpaired) electrons. The van der Waals surface area contributed by atoms with Crippen molar-refractivity contribution in [2.75, 3.05) is 7.05 Å². The number of benzene rings is 1. The van der Waals surface area contributed by atoms with Gasteiger partial charge in [-0.3, -0.25) is 14.4 Å². The minimum absolute atomic E-state index is 0.0384. The Morgan fingerprint density at radius 2 is 1.68 bits per heavy atom. The van der Waals surface area contributed by atoms with Crippen LogP contribution in [0, 0.1) is 11.3 Å². The third kappa shape index (κ3) is 6.95. The molecule has 0 aliphatic rings. The monoisotopic (exact) mass is 348 g/mol. The molecule has 0 aliphatic heterocycles. The van der Waals surface area contributed by atoms with Gasteiger partial charge in [-0.2, -0.15) is 0 Å². The second-order valence-corrected chi connectivity index (χ2v) is 7.17. The fraction of sp³-hybridized carbons (Fsp3) is 0.526. The van der Waals surface area contributed by atoms with Gasteiger partial charge in [0.05, 0.1) is 6.42 Å². The molecule has 0 aromatic heterocycles. The first-order chi connectivity index (χ1) is 11.6. The molecular weight excluding hydrogens is 320 g/mol. The topological polar surface area (TPSA) is 84.5 Å². The summed E-state index contributed by atoms with van der Waals surface area (Å²) < 4.78 is 5.19. The highest BCUT2D eigenvalue weighted by Gasteiger charge is 2.33. The first-order valence-electron chi connectivity index (χ1n) is 8.36. The van der Waals surface area contributed by atoms with Crippen LogP contribution in [0.15, 0.2) is 30.3 Å². The zero-order chi connectivity index (χ0) is 19.0. The summed E-state index contributed by atoms with van der Waals surface area (Å²) in [5, 5.41) is 5.28. The number of esters is 1. The van der Waals surface area contributed by atoms with Crippen molar-refractivity contribution in [3.8, 4) is 0 Å². The summed E-state index contributed by atoms with van der Waals surface area (Å²) in [5.74, 6) is -1.64. The van der Waals surface area contributed by atoms with Crippen molar-refractivity contribution in [1.82, 2.24) is 10.6 Å². The Bertz CT molecular complexity index is 593. The van der Waals surface area contributed by atoms with Crippen molar-refractivity contribution < 1.29 is 19.1 Å². The molecule has 2 unspecified atom stereocenters. The van der Waals surface area contributed by atoms with Crippen LogP contribution in [0.1, 0.15) is 39.7 Å². The zero-order valence-corrected chi connectivity index (χ0v) is 15.6. The summed E-state index contributed by atoms with van der Waals surface area (Å²) in [6.07, 6.45) is -0.0384. The number of rotatable bonds is 7. The minimum Gasteiger partial charge on any atom is -0.461 e. The van der Waals surface area contributed by atoms with Gasteiger partial charge in [0.15, 0.2) is 0 Å². The predicted octanol–water partition coefficient (Wildman–Crippen LogP) is 2.03. The molecule has 2 amide bonds. The number of ether oxygens (including phenoxy) is 1. The van der Waals surface area contributed by atoms with Gasteiger partial charge in [-0.05, 0) is 11.0 Å². The summed E-state index contributed by atoms with van der Waals surface area (Å²) in [4.78, 5) is 36.2. The fourth-order valence-electron chi connectivity index (χ4n) is 2.24. The first kappa shape index (κ1) is 20.7. The standard InChI is InChI=1S/C19H28N2O4/c1-13(11-15(22)25-12-14-9-7-6-8-10-14)17(23)21-16(18(24)20-5)19(2,3)4/h6-10,13,16H,11-12H2,1-5H3,(H,20,24)(H,21,23). The molecule has 1 aromatic rings. The fourth-order valence-corrected chi connectivity index (χ4v) is 2.24. The van der Waals surface area contributed by atoms with Gasteiger partial charge in [0.2, 0.25) is 11.8 Å². The maximum absolute atomic E-state index is 12.3. The van der Waals surface area contributed by atoms with Crippen molar-refractivity contribution in [3.63, 3.8) is 0 Å². The normalized spacial score (nSPS) is 13.5. The number of nitrogens with one attached hydrogen (secondary N) is 2. The average Bonchev–Trinajstić information content (AvgIpc) is 2.56. The predicted molar refractivity (Wildman–Crippen MR) is 95.5 cm³/mol. The Morgan fingerprint density at radius 1 is 1.08 bits per heavy atom. The SMILES string of the molecule is CNC(=O)C(NC(=O)C(C)CC(=O)OCc1ccccc1)C(C)(C)C. The van der Waals surface area contributed by atoms with Crippen LogP contribution in [0.5, 0.6) is 0 Å². The number of amides is 2. The van der Waals surface area contributed by atoms with E-state index in [0.29, 0.717) is 0 Å². The van der Waals surface area contributed by atoms with Crippen molar-refractivity contribution in [2.24, 2.45) is 11.3 Å². The number of carbonyl (C=O) groups excluding carboxylic acids is 3. The summed E-state index contributed by atoms with van der Waals surface area (Å²) in [6, 6.07) is 8.67. The highest BCUT2D eigenvalue weighted by atomic mass is 16.5. The molecule has 0 saturated carbocycles. The van der Waals surface area contributed by atoms with E-state index in [1.807, 2.05) is 51.1 Å². The van der Waals surface area contributed by atoms with Crippen LogP contribution >= 0.6 is 0 Å². The van der Waals surface area contributed by atoms with Gasteiger partial charge in [0, 0.05) is 13.0 Å². The molecule has 0 saturated heterocycles. The van der Waals surface area contributed by atoms with Crippen LogP contribution in [0.25, 0.3) is 0 Å². The third-order valence-corrected chi connectivity index (χ3v) is 3.82. The van der Waals surface area contributed by atoms with Crippen molar-refractivity contribution in [2.45, 2.75) is 46.8 Å². The van der Waals surface area contributed by atoms with Crippen molar-refractivity contribution >= 4 is 17.8 Å². The lowest BCUT2D eigenvalue weighted by Crippen LogP contribution is -2.54. The van der Waals surface area contributed by atoms with Gasteiger partial charge >= 0.3 is 5.97 Å². The summed E-state index contributed by atoms with van der Waals surface area (Å²) in [5.41, 5.74) is 0.448. The van der Waals surface area contributed by atoms with Crippen molar-refractivity contribution in [3.05, 3.63) is 35.9 Å². The van der Waals surface area contributed by atoms with E-state index in [1.165, 1.54) is 7.05 Å². The van der Waals surface area contributed by atoms with Crippen LogP contribution in [-0.4, -0.2) is 30.9 Å². The minimum atomic E-state index is -0.673. The van der Waals surface area contributed by atoms with E-state index in [9.17, 15) is 14.4 Å². The number of carbonyl (C=O) groups is 3. The zero-order valence-electron chi connectivity index (χ0n) is 15.6. The van der Waals surface area contributed by atoms with Crippen LogP contribution in [0.4, 0.5) is 0 Å². The maximum Gasteiger partial charge on any atom is 0.306 e. The van der Waals surface area contributed by atoms with Gasteiger partial charge < -0.3 is 15.4 Å². The smallest absolute Gasteiger partial charge is 0.306 e. The summed E-state index contributed by atoms with van der Waals surface area (Å²) >= 11 is 0. The Labute approximate surface area is 149 Å². The van der Waals surface area contributed by atoms with Crippen LogP contribution < -0.4 is 10.6 Å². The van der Waals surface area contributed by atoms with Gasteiger partial charge in [-0.1, -0.05) is 58.0 Å². The van der Waals surface area contributed by atoms with E-state index in [1.54, 1.807) is 6.92 Å². The molecule has 0 bridgehead atoms. The van der Waals surface area contributed by atoms with E-state index in [4.69, 9.17) is 4.74 Å². The number of likely N-dealkylation sites (N-methyl/N-ethyl adjacent to an activating group) is 1. The first-order valence-corrected chi connectivity index (χ1v) is 8.36. The van der Waals surface area contributed by atoms with E-state index < -0.39 is 23.3 Å². The molecule has 2 atom stereocenters. The van der Waals surface area contributed by atoms with Gasteiger partial charge in [0.1, 0.15) is 12.6 Å². The van der Waals surface area contributed by atoms with E-state index in [-0.39, 0.29) is 24.8 Å². The summed E-state index contributed by atoms with van der Waals surface area (Å²) in [6.45, 7) is 7.42. The molecule has 0 spiro atoms. The maximum atomic E-state index is 12.3. The Hall–Kier alpha value is -2.37. The highest BCUT2D eigenvalue weighted by molar-refractivity contribution is 5.90. The van der Waals surface area contributed by atoms with Crippen LogP contribution in [0.3, 0.4) is 0 Å². The lowest BCUT2D eigenvalue weighted by molar-refractivity contribution is -0.148. The highest BCUT2D eigenvalue weighted by Crippen LogP contribution is 2.20. The van der Waals surface area contributed by atoms with Crippen LogP contribution in [0.2, 0.25) is 0 Å². The van der Waals surface area contributed by atoms with Gasteiger partial charge in [0.25, 0.3) is 0 Å².